The maximum atomic E-state index is 10.5. The van der Waals surface area contributed by atoms with Crippen molar-refractivity contribution in [3.8, 4) is 0 Å². The van der Waals surface area contributed by atoms with E-state index in [9.17, 15) is 4.79 Å². The third-order valence-electron chi connectivity index (χ3n) is 2.24. The lowest BCUT2D eigenvalue weighted by atomic mass is 10.0. The van der Waals surface area contributed by atoms with Gasteiger partial charge in [0.15, 0.2) is 5.82 Å². The number of aromatic nitrogens is 2. The number of hydrogen-bond donors (Lipinski definition) is 1. The van der Waals surface area contributed by atoms with Crippen molar-refractivity contribution in [2.45, 2.75) is 13.5 Å². The normalized spacial score (nSPS) is 18.1. The van der Waals surface area contributed by atoms with Gasteiger partial charge in [-0.15, -0.1) is 0 Å². The molecule has 0 aliphatic carbocycles. The Hall–Kier alpha value is -1.43. The minimum Gasteiger partial charge on any atom is -0.481 e. The van der Waals surface area contributed by atoms with Gasteiger partial charge < -0.3 is 9.63 Å². The van der Waals surface area contributed by atoms with Crippen LogP contribution in [0.25, 0.3) is 0 Å². The van der Waals surface area contributed by atoms with Gasteiger partial charge in [-0.05, 0) is 0 Å². The number of aryl methyl sites for hydroxylation is 1. The van der Waals surface area contributed by atoms with Gasteiger partial charge in [-0.1, -0.05) is 5.16 Å². The second-order valence-electron chi connectivity index (χ2n) is 3.46. The molecule has 0 atom stereocenters. The van der Waals surface area contributed by atoms with Gasteiger partial charge in [-0.25, -0.2) is 0 Å². The second kappa shape index (κ2) is 3.38. The fraction of sp³-hybridized carbons (Fsp3) is 0.625. The number of carboxylic acid groups (broad SMARTS) is 1. The van der Waals surface area contributed by atoms with E-state index in [0.29, 0.717) is 31.3 Å². The Morgan fingerprint density at radius 1 is 1.71 bits per heavy atom. The molecule has 6 heteroatoms. The quantitative estimate of drug-likeness (QED) is 0.728. The highest BCUT2D eigenvalue weighted by Crippen LogP contribution is 2.17. The molecule has 1 aromatic rings. The van der Waals surface area contributed by atoms with Gasteiger partial charge in [0.25, 0.3) is 0 Å². The molecular formula is C8H11N3O3. The van der Waals surface area contributed by atoms with Crippen LogP contribution in [0.2, 0.25) is 0 Å². The van der Waals surface area contributed by atoms with Crippen molar-refractivity contribution >= 4 is 5.97 Å². The molecule has 6 nitrogen and oxygen atoms in total. The molecule has 0 amide bonds. The summed E-state index contributed by atoms with van der Waals surface area (Å²) >= 11 is 0. The van der Waals surface area contributed by atoms with E-state index in [2.05, 4.69) is 10.1 Å². The van der Waals surface area contributed by atoms with E-state index >= 15 is 0 Å². The lowest BCUT2D eigenvalue weighted by Gasteiger charge is -2.35. The third kappa shape index (κ3) is 1.74. The maximum absolute atomic E-state index is 10.5. The Kier molecular flexibility index (Phi) is 2.20. The molecule has 1 saturated heterocycles. The summed E-state index contributed by atoms with van der Waals surface area (Å²) in [6, 6.07) is 0. The summed E-state index contributed by atoms with van der Waals surface area (Å²) in [6.07, 6.45) is 0. The predicted octanol–water partition coefficient (Wildman–Crippen LogP) is -0.106. The smallest absolute Gasteiger partial charge is 0.309 e. The largest absolute Gasteiger partial charge is 0.481 e. The van der Waals surface area contributed by atoms with E-state index < -0.39 is 5.97 Å². The number of likely N-dealkylation sites (tertiary alicyclic amines) is 1. The highest BCUT2D eigenvalue weighted by Gasteiger charge is 2.32. The summed E-state index contributed by atoms with van der Waals surface area (Å²) in [7, 11) is 0. The van der Waals surface area contributed by atoms with Gasteiger partial charge in [-0.3, -0.25) is 9.69 Å². The summed E-state index contributed by atoms with van der Waals surface area (Å²) in [5.74, 6) is 0.190. The Morgan fingerprint density at radius 3 is 2.93 bits per heavy atom. The zero-order chi connectivity index (χ0) is 10.1. The number of hydrogen-bond acceptors (Lipinski definition) is 5. The minimum atomic E-state index is -0.731. The fourth-order valence-corrected chi connectivity index (χ4v) is 1.46. The summed E-state index contributed by atoms with van der Waals surface area (Å²) in [5.41, 5.74) is 0. The first-order valence-electron chi connectivity index (χ1n) is 4.39. The Morgan fingerprint density at radius 2 is 2.43 bits per heavy atom. The van der Waals surface area contributed by atoms with Gasteiger partial charge in [0.2, 0.25) is 5.89 Å². The summed E-state index contributed by atoms with van der Waals surface area (Å²) < 4.78 is 4.80. The Bertz CT molecular complexity index is 343. The molecule has 76 valence electrons. The zero-order valence-corrected chi connectivity index (χ0v) is 7.80. The predicted molar refractivity (Wildman–Crippen MR) is 45.4 cm³/mol. The van der Waals surface area contributed by atoms with E-state index in [1.165, 1.54) is 0 Å². The van der Waals surface area contributed by atoms with Crippen molar-refractivity contribution in [2.24, 2.45) is 5.92 Å². The van der Waals surface area contributed by atoms with Gasteiger partial charge in [0, 0.05) is 20.0 Å². The van der Waals surface area contributed by atoms with Crippen molar-refractivity contribution in [1.29, 1.82) is 0 Å². The van der Waals surface area contributed by atoms with Crippen molar-refractivity contribution in [3.63, 3.8) is 0 Å². The number of rotatable bonds is 3. The fourth-order valence-electron chi connectivity index (χ4n) is 1.46. The van der Waals surface area contributed by atoms with Crippen LogP contribution >= 0.6 is 0 Å². The van der Waals surface area contributed by atoms with Crippen LogP contribution in [0.1, 0.15) is 11.7 Å². The maximum Gasteiger partial charge on any atom is 0.309 e. The van der Waals surface area contributed by atoms with Crippen LogP contribution < -0.4 is 0 Å². The molecule has 1 N–H and O–H groups in total. The molecule has 1 aromatic heterocycles. The third-order valence-corrected chi connectivity index (χ3v) is 2.24. The first-order valence-corrected chi connectivity index (χ1v) is 4.39. The van der Waals surface area contributed by atoms with Gasteiger partial charge in [0.05, 0.1) is 12.5 Å². The zero-order valence-electron chi connectivity index (χ0n) is 7.80. The monoisotopic (exact) mass is 197 g/mol. The van der Waals surface area contributed by atoms with E-state index in [1.807, 2.05) is 4.90 Å². The molecule has 0 radical (unpaired) electrons. The van der Waals surface area contributed by atoms with E-state index in [-0.39, 0.29) is 5.92 Å². The molecule has 0 bridgehead atoms. The first kappa shape index (κ1) is 9.14. The summed E-state index contributed by atoms with van der Waals surface area (Å²) in [5, 5.41) is 12.4. The van der Waals surface area contributed by atoms with Gasteiger partial charge in [-0.2, -0.15) is 4.98 Å². The van der Waals surface area contributed by atoms with Crippen LogP contribution in [-0.4, -0.2) is 39.2 Å². The van der Waals surface area contributed by atoms with Crippen LogP contribution in [0.5, 0.6) is 0 Å². The van der Waals surface area contributed by atoms with Gasteiger partial charge in [0.1, 0.15) is 0 Å². The van der Waals surface area contributed by atoms with Crippen molar-refractivity contribution in [3.05, 3.63) is 11.7 Å². The average Bonchev–Trinajstić information content (AvgIpc) is 2.42. The summed E-state index contributed by atoms with van der Waals surface area (Å²) in [6.45, 7) is 3.44. The Labute approximate surface area is 80.5 Å². The first-order chi connectivity index (χ1) is 6.65. The molecule has 14 heavy (non-hydrogen) atoms. The molecule has 1 aliphatic rings. The van der Waals surface area contributed by atoms with Crippen molar-refractivity contribution in [2.75, 3.05) is 13.1 Å². The van der Waals surface area contributed by atoms with Crippen molar-refractivity contribution in [1.82, 2.24) is 15.0 Å². The van der Waals surface area contributed by atoms with E-state index in [4.69, 9.17) is 9.63 Å². The van der Waals surface area contributed by atoms with Crippen LogP contribution in [0.15, 0.2) is 4.52 Å². The lowest BCUT2D eigenvalue weighted by Crippen LogP contribution is -2.49. The molecule has 2 heterocycles. The van der Waals surface area contributed by atoms with E-state index in [0.717, 1.165) is 0 Å². The molecule has 0 unspecified atom stereocenters. The van der Waals surface area contributed by atoms with Crippen LogP contribution in [0.3, 0.4) is 0 Å². The molecule has 0 aromatic carbocycles. The number of aliphatic carboxylic acids is 1. The topological polar surface area (TPSA) is 79.5 Å². The molecule has 1 fully saturated rings. The number of carboxylic acids is 1. The number of nitrogens with zero attached hydrogens (tertiary/aromatic N) is 3. The second-order valence-corrected chi connectivity index (χ2v) is 3.46. The highest BCUT2D eigenvalue weighted by atomic mass is 16.5. The van der Waals surface area contributed by atoms with Crippen LogP contribution in [0, 0.1) is 12.8 Å². The standard InChI is InChI=1S/C8H11N3O3/c1-5-9-7(10-14-5)4-11-2-6(3-11)8(12)13/h6H,2-4H2,1H3,(H,12,13). The minimum absolute atomic E-state index is 0.233. The SMILES string of the molecule is Cc1nc(CN2CC(C(=O)O)C2)no1. The average molecular weight is 197 g/mol. The lowest BCUT2D eigenvalue weighted by molar-refractivity contribution is -0.147. The van der Waals surface area contributed by atoms with Crippen LogP contribution in [-0.2, 0) is 11.3 Å². The molecule has 1 aliphatic heterocycles. The molecule has 0 spiro atoms. The summed E-state index contributed by atoms with van der Waals surface area (Å²) in [4.78, 5) is 16.5. The van der Waals surface area contributed by atoms with Crippen molar-refractivity contribution < 1.29 is 14.4 Å². The van der Waals surface area contributed by atoms with Gasteiger partial charge >= 0.3 is 5.97 Å². The van der Waals surface area contributed by atoms with E-state index in [1.54, 1.807) is 6.92 Å². The molecule has 0 saturated carbocycles. The Balaban J connectivity index is 1.82. The molecule has 2 rings (SSSR count). The van der Waals surface area contributed by atoms with Crippen LogP contribution in [0.4, 0.5) is 0 Å². The highest BCUT2D eigenvalue weighted by molar-refractivity contribution is 5.71. The number of carbonyl (C=O) groups is 1. The molecular weight excluding hydrogens is 186 g/mol.